The molecule has 3 aliphatic carbocycles. The van der Waals surface area contributed by atoms with Gasteiger partial charge in [-0.2, -0.15) is 4.59 Å². The fourth-order valence-electron chi connectivity index (χ4n) is 7.29. The third-order valence-electron chi connectivity index (χ3n) is 9.05. The number of hydrogen-bond donors (Lipinski definition) is 2. The zero-order valence-corrected chi connectivity index (χ0v) is 21.2. The molecule has 2 amide bonds. The Kier molecular flexibility index (Phi) is 5.32. The maximum atomic E-state index is 13.7. The second-order valence-corrected chi connectivity index (χ2v) is 11.4. The van der Waals surface area contributed by atoms with Gasteiger partial charge in [0, 0.05) is 29.3 Å². The van der Waals surface area contributed by atoms with E-state index >= 15 is 0 Å². The van der Waals surface area contributed by atoms with Crippen LogP contribution in [0.3, 0.4) is 0 Å². The number of quaternary nitrogens is 1. The Morgan fingerprint density at radius 3 is 2.68 bits per heavy atom. The third-order valence-corrected chi connectivity index (χ3v) is 9.05. The Balaban J connectivity index is 1.49. The molecule has 2 aliphatic heterocycles. The van der Waals surface area contributed by atoms with Gasteiger partial charge < -0.3 is 19.8 Å². The molecule has 1 aromatic heterocycles. The topological polar surface area (TPSA) is 86.2 Å². The molecular weight excluding hydrogens is 464 g/mol. The summed E-state index contributed by atoms with van der Waals surface area (Å²) < 4.78 is 2.32. The van der Waals surface area contributed by atoms with Crippen LogP contribution in [-0.4, -0.2) is 29.2 Å². The Bertz CT molecular complexity index is 1360. The van der Waals surface area contributed by atoms with Crippen molar-refractivity contribution in [3.8, 4) is 11.3 Å². The highest BCUT2D eigenvalue weighted by molar-refractivity contribution is 6.06. The molecule has 3 heterocycles. The first-order chi connectivity index (χ1) is 18.1. The minimum Gasteiger partial charge on any atom is -0.526 e. The first-order valence-corrected chi connectivity index (χ1v) is 14.0. The number of rotatable bonds is 4. The van der Waals surface area contributed by atoms with E-state index in [0.717, 1.165) is 60.2 Å². The second-order valence-electron chi connectivity index (χ2n) is 11.4. The molecule has 2 N–H and O–H groups in total. The number of hydrogen-bond acceptors (Lipinski definition) is 3. The van der Waals surface area contributed by atoms with Crippen molar-refractivity contribution in [2.75, 3.05) is 6.54 Å². The van der Waals surface area contributed by atoms with Gasteiger partial charge in [-0.3, -0.25) is 4.79 Å². The Hall–Kier alpha value is -3.32. The number of fused-ring (bicyclic) bond motifs is 4. The lowest BCUT2D eigenvalue weighted by Gasteiger charge is -2.39. The number of benzene rings is 1. The van der Waals surface area contributed by atoms with E-state index in [4.69, 9.17) is 0 Å². The highest BCUT2D eigenvalue weighted by Gasteiger charge is 2.44. The van der Waals surface area contributed by atoms with Gasteiger partial charge in [0.15, 0.2) is 11.8 Å². The van der Waals surface area contributed by atoms with Crippen molar-refractivity contribution in [1.29, 1.82) is 0 Å². The number of carbonyl (C=O) groups excluding carboxylic acids is 2. The number of carbonyl (C=O) groups is 2. The van der Waals surface area contributed by atoms with Gasteiger partial charge in [-0.05, 0) is 62.1 Å². The van der Waals surface area contributed by atoms with Crippen LogP contribution in [0.1, 0.15) is 90.0 Å². The molecule has 0 radical (unpaired) electrons. The number of nitrogens with zero attached hydrogens (tertiary/aromatic N) is 2. The summed E-state index contributed by atoms with van der Waals surface area (Å²) in [6.07, 6.45) is 17.9. The number of amides is 2. The lowest BCUT2D eigenvalue weighted by atomic mass is 9.79. The number of allylic oxidation sites excluding steroid dienone is 2. The molecule has 2 saturated carbocycles. The van der Waals surface area contributed by atoms with E-state index in [2.05, 4.69) is 45.7 Å². The lowest BCUT2D eigenvalue weighted by Crippen LogP contribution is -2.63. The third kappa shape index (κ3) is 3.66. The molecule has 0 spiro atoms. The van der Waals surface area contributed by atoms with Crippen LogP contribution in [0.5, 0.6) is 0 Å². The molecule has 0 saturated heterocycles. The molecule has 7 nitrogen and oxygen atoms in total. The van der Waals surface area contributed by atoms with Crippen LogP contribution in [-0.2, 0) is 19.4 Å². The second kappa shape index (κ2) is 8.62. The lowest BCUT2D eigenvalue weighted by molar-refractivity contribution is -0.255. The van der Waals surface area contributed by atoms with E-state index in [1.165, 1.54) is 48.9 Å². The molecule has 0 bridgehead atoms. The normalized spacial score (nSPS) is 24.0. The van der Waals surface area contributed by atoms with Crippen molar-refractivity contribution in [2.24, 2.45) is 0 Å². The fraction of sp³-hybridized carbons (Fsp3) is 0.467. The first kappa shape index (κ1) is 22.8. The van der Waals surface area contributed by atoms with Crippen LogP contribution < -0.4 is 20.4 Å². The predicted molar refractivity (Wildman–Crippen MR) is 142 cm³/mol. The average Bonchev–Trinajstić information content (AvgIpc) is 3.67. The van der Waals surface area contributed by atoms with Gasteiger partial charge in [-0.25, -0.2) is 5.43 Å². The molecule has 2 aromatic rings. The van der Waals surface area contributed by atoms with Gasteiger partial charge in [0.25, 0.3) is 5.91 Å². The largest absolute Gasteiger partial charge is 0.526 e. The SMILES string of the molecule is O=C([O-])N[N@+]12C=CCc3c(C4CCCCC4)ccc(c31)-c1c(C(=O)NC3CC3)c3c(n1CC2)CCC=C3. The van der Waals surface area contributed by atoms with Crippen molar-refractivity contribution < 1.29 is 14.7 Å². The molecule has 1 aromatic carbocycles. The summed E-state index contributed by atoms with van der Waals surface area (Å²) >= 11 is 0. The van der Waals surface area contributed by atoms with E-state index in [1.807, 2.05) is 6.20 Å². The van der Waals surface area contributed by atoms with E-state index in [-0.39, 0.29) is 16.5 Å². The van der Waals surface area contributed by atoms with Gasteiger partial charge in [0.1, 0.15) is 12.7 Å². The maximum absolute atomic E-state index is 13.7. The Morgan fingerprint density at radius 1 is 1.05 bits per heavy atom. The van der Waals surface area contributed by atoms with Crippen molar-refractivity contribution in [1.82, 2.24) is 19.9 Å². The Labute approximate surface area is 217 Å². The first-order valence-electron chi connectivity index (χ1n) is 14.0. The average molecular weight is 499 g/mol. The monoisotopic (exact) mass is 498 g/mol. The molecule has 7 heteroatoms. The van der Waals surface area contributed by atoms with Gasteiger partial charge in [-0.1, -0.05) is 37.5 Å². The van der Waals surface area contributed by atoms with Crippen LogP contribution in [0.2, 0.25) is 0 Å². The summed E-state index contributed by atoms with van der Waals surface area (Å²) in [7, 11) is 0. The van der Waals surface area contributed by atoms with E-state index in [1.54, 1.807) is 0 Å². The van der Waals surface area contributed by atoms with Gasteiger partial charge >= 0.3 is 0 Å². The summed E-state index contributed by atoms with van der Waals surface area (Å²) in [6, 6.07) is 4.71. The van der Waals surface area contributed by atoms with Crippen molar-refractivity contribution >= 4 is 23.8 Å². The highest BCUT2D eigenvalue weighted by Crippen LogP contribution is 2.49. The summed E-state index contributed by atoms with van der Waals surface area (Å²) in [5.74, 6) is 0.484. The van der Waals surface area contributed by atoms with E-state index in [9.17, 15) is 14.7 Å². The van der Waals surface area contributed by atoms with Gasteiger partial charge in [0.2, 0.25) is 0 Å². The van der Waals surface area contributed by atoms with Crippen LogP contribution in [0, 0.1) is 0 Å². The summed E-state index contributed by atoms with van der Waals surface area (Å²) in [6.45, 7) is 1.14. The number of aromatic nitrogens is 1. The predicted octanol–water partition coefficient (Wildman–Crippen LogP) is 4.29. The molecule has 5 aliphatic rings. The molecule has 1 atom stereocenters. The van der Waals surface area contributed by atoms with Crippen LogP contribution in [0.15, 0.2) is 30.5 Å². The molecule has 7 rings (SSSR count). The van der Waals surface area contributed by atoms with Gasteiger partial charge in [0.05, 0.1) is 23.4 Å². The molecule has 0 unspecified atom stereocenters. The Morgan fingerprint density at radius 2 is 1.89 bits per heavy atom. The number of carboxylic acid groups (broad SMARTS) is 1. The molecule has 2 fully saturated rings. The standard InChI is InChI=1S/C30H34N4O3/c35-29(31-20-12-13-20)26-23-9-4-5-11-25(23)33-16-18-34(32-30(36)37)17-6-10-22-21(19-7-2-1-3-8-19)14-15-24(27(26)33)28(22)34/h4,6,9,14-15,17,19-20,32H,1-3,5,7-8,10-13,16,18H2,(H-,31,35,36,37)/t34-/m0/s1. The summed E-state index contributed by atoms with van der Waals surface area (Å²) in [5, 5.41) is 15.3. The van der Waals surface area contributed by atoms with E-state index < -0.39 is 6.09 Å². The summed E-state index contributed by atoms with van der Waals surface area (Å²) in [5.41, 5.74) is 11.2. The molecule has 37 heavy (non-hydrogen) atoms. The molecule has 192 valence electrons. The van der Waals surface area contributed by atoms with Crippen molar-refractivity contribution in [3.05, 3.63) is 58.4 Å². The zero-order valence-electron chi connectivity index (χ0n) is 21.2. The zero-order chi connectivity index (χ0) is 25.1. The van der Waals surface area contributed by atoms with Crippen molar-refractivity contribution in [2.45, 2.75) is 82.7 Å². The van der Waals surface area contributed by atoms with Crippen molar-refractivity contribution in [3.63, 3.8) is 0 Å². The van der Waals surface area contributed by atoms with E-state index in [0.29, 0.717) is 19.0 Å². The molecular formula is C30H34N4O3. The van der Waals surface area contributed by atoms with Gasteiger partial charge in [-0.15, -0.1) is 0 Å². The number of nitrogens with one attached hydrogen (secondary N) is 2. The minimum absolute atomic E-state index is 0.0108. The highest BCUT2D eigenvalue weighted by atomic mass is 16.4. The smallest absolute Gasteiger partial charge is 0.254 e. The van der Waals surface area contributed by atoms with Crippen LogP contribution in [0.4, 0.5) is 10.5 Å². The summed E-state index contributed by atoms with van der Waals surface area (Å²) in [4.78, 5) is 25.8. The van der Waals surface area contributed by atoms with Crippen LogP contribution in [0.25, 0.3) is 17.3 Å². The fourth-order valence-corrected chi connectivity index (χ4v) is 7.29. The quantitative estimate of drug-likeness (QED) is 0.617. The minimum atomic E-state index is -1.28. The van der Waals surface area contributed by atoms with Crippen LogP contribution >= 0.6 is 0 Å². The maximum Gasteiger partial charge on any atom is 0.254 e.